The van der Waals surface area contributed by atoms with Gasteiger partial charge in [0.05, 0.1) is 0 Å². The molecule has 1 atom stereocenters. The van der Waals surface area contributed by atoms with Crippen molar-refractivity contribution in [2.45, 2.75) is 46.2 Å². The number of rotatable bonds is 7. The van der Waals surface area contributed by atoms with Gasteiger partial charge in [0, 0.05) is 45.2 Å². The van der Waals surface area contributed by atoms with E-state index in [0.717, 1.165) is 44.7 Å². The molecule has 4 nitrogen and oxygen atoms in total. The molecular formula is C20H32FN3O. The van der Waals surface area contributed by atoms with Crippen LogP contribution < -0.4 is 5.32 Å². The van der Waals surface area contributed by atoms with E-state index < -0.39 is 0 Å². The minimum Gasteiger partial charge on any atom is -0.356 e. The van der Waals surface area contributed by atoms with Gasteiger partial charge in [0.2, 0.25) is 5.91 Å². The Kier molecular flexibility index (Phi) is 7.85. The Balaban J connectivity index is 1.97. The molecule has 0 aromatic heterocycles. The van der Waals surface area contributed by atoms with Crippen LogP contribution in [0.5, 0.6) is 0 Å². The van der Waals surface area contributed by atoms with Gasteiger partial charge in [-0.2, -0.15) is 0 Å². The fourth-order valence-electron chi connectivity index (χ4n) is 3.54. The molecule has 25 heavy (non-hydrogen) atoms. The first-order valence-electron chi connectivity index (χ1n) is 9.47. The lowest BCUT2D eigenvalue weighted by Crippen LogP contribution is -2.44. The maximum atomic E-state index is 13.1. The highest BCUT2D eigenvalue weighted by Crippen LogP contribution is 2.20. The number of hydrogen-bond acceptors (Lipinski definition) is 3. The van der Waals surface area contributed by atoms with Gasteiger partial charge >= 0.3 is 0 Å². The van der Waals surface area contributed by atoms with Gasteiger partial charge in [0.15, 0.2) is 0 Å². The minimum absolute atomic E-state index is 0.135. The van der Waals surface area contributed by atoms with Gasteiger partial charge in [0.25, 0.3) is 0 Å². The van der Waals surface area contributed by atoms with Crippen LogP contribution in [0.2, 0.25) is 0 Å². The lowest BCUT2D eigenvalue weighted by molar-refractivity contribution is -0.121. The summed E-state index contributed by atoms with van der Waals surface area (Å²) in [4.78, 5) is 16.7. The molecule has 1 fully saturated rings. The highest BCUT2D eigenvalue weighted by Gasteiger charge is 2.27. The molecule has 0 saturated carbocycles. The van der Waals surface area contributed by atoms with Crippen molar-refractivity contribution in [3.05, 3.63) is 35.6 Å². The summed E-state index contributed by atoms with van der Waals surface area (Å²) in [5, 5.41) is 2.87. The second-order valence-corrected chi connectivity index (χ2v) is 7.27. The molecular weight excluding hydrogens is 317 g/mol. The molecule has 1 amide bonds. The van der Waals surface area contributed by atoms with E-state index >= 15 is 0 Å². The Morgan fingerprint density at radius 1 is 1.28 bits per heavy atom. The average Bonchev–Trinajstić information content (AvgIpc) is 2.78. The van der Waals surface area contributed by atoms with Gasteiger partial charge in [-0.1, -0.05) is 26.0 Å². The molecule has 1 aliphatic heterocycles. The fraction of sp³-hybridized carbons (Fsp3) is 0.650. The molecule has 1 aromatic rings. The number of halogens is 1. The first-order valence-corrected chi connectivity index (χ1v) is 9.47. The number of nitrogens with zero attached hydrogens (tertiary/aromatic N) is 2. The summed E-state index contributed by atoms with van der Waals surface area (Å²) in [6.07, 6.45) is 1.66. The lowest BCUT2D eigenvalue weighted by Gasteiger charge is -2.34. The van der Waals surface area contributed by atoms with E-state index in [-0.39, 0.29) is 11.7 Å². The molecule has 1 aromatic carbocycles. The summed E-state index contributed by atoms with van der Waals surface area (Å²) in [7, 11) is 0. The van der Waals surface area contributed by atoms with Crippen LogP contribution in [0.4, 0.5) is 4.39 Å². The minimum atomic E-state index is -0.184. The van der Waals surface area contributed by atoms with Crippen molar-refractivity contribution in [2.24, 2.45) is 5.92 Å². The maximum absolute atomic E-state index is 13.1. The highest BCUT2D eigenvalue weighted by molar-refractivity contribution is 5.75. The quantitative estimate of drug-likeness (QED) is 0.822. The number of carbonyl (C=O) groups excluding carboxylic acids is 1. The summed E-state index contributed by atoms with van der Waals surface area (Å²) >= 11 is 0. The van der Waals surface area contributed by atoms with Gasteiger partial charge in [-0.05, 0) is 43.5 Å². The van der Waals surface area contributed by atoms with E-state index in [1.54, 1.807) is 0 Å². The zero-order chi connectivity index (χ0) is 18.2. The first kappa shape index (κ1) is 19.9. The van der Waals surface area contributed by atoms with Gasteiger partial charge in [-0.15, -0.1) is 0 Å². The fourth-order valence-corrected chi connectivity index (χ4v) is 3.54. The molecule has 0 unspecified atom stereocenters. The van der Waals surface area contributed by atoms with Gasteiger partial charge in [-0.3, -0.25) is 9.69 Å². The summed E-state index contributed by atoms with van der Waals surface area (Å²) < 4.78 is 13.1. The average molecular weight is 349 g/mol. The Hall–Kier alpha value is -1.46. The predicted molar refractivity (Wildman–Crippen MR) is 99.8 cm³/mol. The van der Waals surface area contributed by atoms with E-state index in [9.17, 15) is 9.18 Å². The van der Waals surface area contributed by atoms with Crippen LogP contribution in [0, 0.1) is 11.7 Å². The molecule has 1 N–H and O–H groups in total. The summed E-state index contributed by atoms with van der Waals surface area (Å²) in [5.41, 5.74) is 1.16. The number of nitrogens with one attached hydrogen (secondary N) is 1. The van der Waals surface area contributed by atoms with Crippen LogP contribution in [0.25, 0.3) is 0 Å². The number of amides is 1. The smallest absolute Gasteiger partial charge is 0.221 e. The monoisotopic (exact) mass is 349 g/mol. The van der Waals surface area contributed by atoms with Crippen molar-refractivity contribution >= 4 is 5.91 Å². The second-order valence-electron chi connectivity index (χ2n) is 7.27. The van der Waals surface area contributed by atoms with Crippen LogP contribution >= 0.6 is 0 Å². The van der Waals surface area contributed by atoms with Crippen LogP contribution in [0.15, 0.2) is 24.3 Å². The zero-order valence-electron chi connectivity index (χ0n) is 15.8. The molecule has 0 radical (unpaired) electrons. The van der Waals surface area contributed by atoms with Crippen LogP contribution in [0.3, 0.4) is 0 Å². The van der Waals surface area contributed by atoms with E-state index in [0.29, 0.717) is 24.9 Å². The third-order valence-electron chi connectivity index (χ3n) is 4.93. The van der Waals surface area contributed by atoms with Crippen molar-refractivity contribution < 1.29 is 9.18 Å². The number of benzene rings is 1. The molecule has 0 spiro atoms. The maximum Gasteiger partial charge on any atom is 0.221 e. The molecule has 0 aliphatic carbocycles. The van der Waals surface area contributed by atoms with Crippen molar-refractivity contribution in [3.8, 4) is 0 Å². The third-order valence-corrected chi connectivity index (χ3v) is 4.93. The molecule has 0 bridgehead atoms. The third kappa shape index (κ3) is 6.40. The summed E-state index contributed by atoms with van der Waals surface area (Å²) in [6, 6.07) is 7.28. The van der Waals surface area contributed by atoms with Gasteiger partial charge < -0.3 is 10.2 Å². The van der Waals surface area contributed by atoms with E-state index in [2.05, 4.69) is 29.0 Å². The Morgan fingerprint density at radius 2 is 2.00 bits per heavy atom. The summed E-state index contributed by atoms with van der Waals surface area (Å²) in [5.74, 6) is 0.484. The van der Waals surface area contributed by atoms with Crippen LogP contribution in [-0.4, -0.2) is 54.5 Å². The Morgan fingerprint density at radius 3 is 2.64 bits per heavy atom. The molecule has 1 heterocycles. The largest absolute Gasteiger partial charge is 0.356 e. The lowest BCUT2D eigenvalue weighted by atomic mass is 10.0. The van der Waals surface area contributed by atoms with Crippen molar-refractivity contribution in [1.29, 1.82) is 0 Å². The zero-order valence-corrected chi connectivity index (χ0v) is 15.8. The topological polar surface area (TPSA) is 35.6 Å². The first-order chi connectivity index (χ1) is 12.0. The van der Waals surface area contributed by atoms with E-state index in [1.807, 2.05) is 19.1 Å². The number of carbonyl (C=O) groups is 1. The molecule has 1 saturated heterocycles. The molecule has 2 rings (SSSR count). The van der Waals surface area contributed by atoms with Crippen LogP contribution in [-0.2, 0) is 11.3 Å². The molecule has 140 valence electrons. The van der Waals surface area contributed by atoms with Crippen LogP contribution in [0.1, 0.15) is 39.2 Å². The van der Waals surface area contributed by atoms with Crippen molar-refractivity contribution in [3.63, 3.8) is 0 Å². The van der Waals surface area contributed by atoms with Crippen molar-refractivity contribution in [2.75, 3.05) is 32.7 Å². The molecule has 1 aliphatic rings. The van der Waals surface area contributed by atoms with Crippen molar-refractivity contribution in [1.82, 2.24) is 15.1 Å². The Bertz CT molecular complexity index is 532. The standard InChI is InChI=1S/C20H32FN3O/c1-4-22-20(25)10-13-23-11-5-12-24(19(15-23)16(2)3)14-17-6-8-18(21)9-7-17/h6-9,16,19H,4-5,10-15H2,1-3H3,(H,22,25)/t19-/m1/s1. The second kappa shape index (κ2) is 9.88. The summed E-state index contributed by atoms with van der Waals surface area (Å²) in [6.45, 7) is 11.9. The highest BCUT2D eigenvalue weighted by atomic mass is 19.1. The van der Waals surface area contributed by atoms with E-state index in [1.165, 1.54) is 12.1 Å². The van der Waals surface area contributed by atoms with Gasteiger partial charge in [-0.25, -0.2) is 4.39 Å². The normalized spacial score (nSPS) is 19.8. The SMILES string of the molecule is CCNC(=O)CCN1CCCN(Cc2ccc(F)cc2)[C@@H](C(C)C)C1. The molecule has 5 heteroatoms. The Labute approximate surface area is 151 Å². The number of hydrogen-bond donors (Lipinski definition) is 1. The predicted octanol–water partition coefficient (Wildman–Crippen LogP) is 2.88. The van der Waals surface area contributed by atoms with E-state index in [4.69, 9.17) is 0 Å². The van der Waals surface area contributed by atoms with Gasteiger partial charge in [0.1, 0.15) is 5.82 Å².